The van der Waals surface area contributed by atoms with Gasteiger partial charge < -0.3 is 15.0 Å². The summed E-state index contributed by atoms with van der Waals surface area (Å²) in [5.41, 5.74) is 0.911. The monoisotopic (exact) mass is 246 g/mol. The van der Waals surface area contributed by atoms with Gasteiger partial charge in [0.15, 0.2) is 0 Å². The second kappa shape index (κ2) is 4.98. The number of ether oxygens (including phenoxy) is 1. The van der Waals surface area contributed by atoms with Crippen LogP contribution < -0.4 is 15.0 Å². The Kier molecular flexibility index (Phi) is 3.19. The first-order chi connectivity index (χ1) is 8.84. The van der Waals surface area contributed by atoms with Crippen molar-refractivity contribution in [3.8, 4) is 5.75 Å². The SMILES string of the molecule is O=C1CCOc2ccccc2N1C[C@H]1CCCN1. The predicted molar refractivity (Wildman–Crippen MR) is 69.9 cm³/mol. The molecule has 3 rings (SSSR count). The summed E-state index contributed by atoms with van der Waals surface area (Å²) in [6.07, 6.45) is 2.80. The van der Waals surface area contributed by atoms with Crippen molar-refractivity contribution in [3.05, 3.63) is 24.3 Å². The van der Waals surface area contributed by atoms with E-state index in [2.05, 4.69) is 5.32 Å². The van der Waals surface area contributed by atoms with E-state index in [1.165, 1.54) is 6.42 Å². The third-order valence-electron chi connectivity index (χ3n) is 3.60. The zero-order valence-corrected chi connectivity index (χ0v) is 10.4. The van der Waals surface area contributed by atoms with Gasteiger partial charge in [0.2, 0.25) is 5.91 Å². The Morgan fingerprint density at radius 3 is 3.11 bits per heavy atom. The van der Waals surface area contributed by atoms with Crippen molar-refractivity contribution in [2.45, 2.75) is 25.3 Å². The number of carbonyl (C=O) groups is 1. The van der Waals surface area contributed by atoms with Gasteiger partial charge in [-0.15, -0.1) is 0 Å². The molecule has 1 fully saturated rings. The van der Waals surface area contributed by atoms with E-state index in [-0.39, 0.29) is 5.91 Å². The van der Waals surface area contributed by atoms with E-state index in [1.807, 2.05) is 29.2 Å². The normalized spacial score (nSPS) is 23.4. The molecule has 1 atom stereocenters. The van der Waals surface area contributed by atoms with Crippen LogP contribution in [0.2, 0.25) is 0 Å². The van der Waals surface area contributed by atoms with Gasteiger partial charge in [-0.3, -0.25) is 4.79 Å². The van der Waals surface area contributed by atoms with E-state index in [0.717, 1.165) is 30.9 Å². The number of nitrogens with one attached hydrogen (secondary N) is 1. The number of hydrogen-bond donors (Lipinski definition) is 1. The van der Waals surface area contributed by atoms with Gasteiger partial charge in [0.1, 0.15) is 5.75 Å². The highest BCUT2D eigenvalue weighted by Crippen LogP contribution is 2.31. The summed E-state index contributed by atoms with van der Waals surface area (Å²) in [4.78, 5) is 14.1. The number of rotatable bonds is 2. The van der Waals surface area contributed by atoms with Gasteiger partial charge in [-0.2, -0.15) is 0 Å². The molecule has 1 N–H and O–H groups in total. The summed E-state index contributed by atoms with van der Waals surface area (Å²) in [6, 6.07) is 8.22. The fraction of sp³-hybridized carbons (Fsp3) is 0.500. The maximum atomic E-state index is 12.2. The zero-order valence-electron chi connectivity index (χ0n) is 10.4. The molecule has 1 aromatic rings. The topological polar surface area (TPSA) is 41.6 Å². The summed E-state index contributed by atoms with van der Waals surface area (Å²) in [5, 5.41) is 3.44. The van der Waals surface area contributed by atoms with Crippen LogP contribution in [0.4, 0.5) is 5.69 Å². The summed E-state index contributed by atoms with van der Waals surface area (Å²) in [6.45, 7) is 2.29. The van der Waals surface area contributed by atoms with E-state index < -0.39 is 0 Å². The number of hydrogen-bond acceptors (Lipinski definition) is 3. The molecule has 18 heavy (non-hydrogen) atoms. The smallest absolute Gasteiger partial charge is 0.230 e. The summed E-state index contributed by atoms with van der Waals surface area (Å²) in [5.74, 6) is 0.981. The molecule has 1 saturated heterocycles. The second-order valence-electron chi connectivity index (χ2n) is 4.86. The van der Waals surface area contributed by atoms with Crippen molar-refractivity contribution in [1.29, 1.82) is 0 Å². The highest BCUT2D eigenvalue weighted by atomic mass is 16.5. The number of fused-ring (bicyclic) bond motifs is 1. The number of anilines is 1. The van der Waals surface area contributed by atoms with Crippen molar-refractivity contribution in [1.82, 2.24) is 5.32 Å². The Morgan fingerprint density at radius 2 is 2.28 bits per heavy atom. The van der Waals surface area contributed by atoms with Gasteiger partial charge >= 0.3 is 0 Å². The molecule has 96 valence electrons. The first-order valence-corrected chi connectivity index (χ1v) is 6.60. The van der Waals surface area contributed by atoms with Gasteiger partial charge in [0, 0.05) is 12.6 Å². The molecule has 0 aliphatic carbocycles. The van der Waals surface area contributed by atoms with Crippen LogP contribution in [0, 0.1) is 0 Å². The largest absolute Gasteiger partial charge is 0.491 e. The number of nitrogens with zero attached hydrogens (tertiary/aromatic N) is 1. The van der Waals surface area contributed by atoms with Gasteiger partial charge in [0.05, 0.1) is 18.7 Å². The van der Waals surface area contributed by atoms with Crippen molar-refractivity contribution in [3.63, 3.8) is 0 Å². The fourth-order valence-corrected chi connectivity index (χ4v) is 2.65. The molecule has 2 aliphatic rings. The molecule has 4 nitrogen and oxygen atoms in total. The molecule has 2 heterocycles. The Bertz CT molecular complexity index is 441. The third kappa shape index (κ3) is 2.20. The van der Waals surface area contributed by atoms with Gasteiger partial charge in [-0.1, -0.05) is 12.1 Å². The molecule has 0 radical (unpaired) electrons. The first-order valence-electron chi connectivity index (χ1n) is 6.60. The number of benzene rings is 1. The van der Waals surface area contributed by atoms with Crippen molar-refractivity contribution >= 4 is 11.6 Å². The Morgan fingerprint density at radius 1 is 1.39 bits per heavy atom. The highest BCUT2D eigenvalue weighted by molar-refractivity contribution is 5.95. The van der Waals surface area contributed by atoms with Crippen LogP contribution in [-0.2, 0) is 4.79 Å². The molecule has 2 aliphatic heterocycles. The van der Waals surface area contributed by atoms with Gasteiger partial charge in [-0.05, 0) is 31.5 Å². The number of amides is 1. The van der Waals surface area contributed by atoms with Crippen LogP contribution in [0.25, 0.3) is 0 Å². The fourth-order valence-electron chi connectivity index (χ4n) is 2.65. The molecule has 4 heteroatoms. The van der Waals surface area contributed by atoms with Crippen molar-refractivity contribution in [2.24, 2.45) is 0 Å². The third-order valence-corrected chi connectivity index (χ3v) is 3.60. The molecule has 1 aromatic carbocycles. The average molecular weight is 246 g/mol. The number of para-hydroxylation sites is 2. The zero-order chi connectivity index (χ0) is 12.4. The van der Waals surface area contributed by atoms with Crippen LogP contribution in [0.1, 0.15) is 19.3 Å². The van der Waals surface area contributed by atoms with E-state index in [1.54, 1.807) is 0 Å². The van der Waals surface area contributed by atoms with Crippen LogP contribution in [0.5, 0.6) is 5.75 Å². The summed E-state index contributed by atoms with van der Waals surface area (Å²) >= 11 is 0. The molecule has 0 unspecified atom stereocenters. The minimum atomic E-state index is 0.161. The molecule has 0 bridgehead atoms. The van der Waals surface area contributed by atoms with E-state index in [4.69, 9.17) is 4.74 Å². The lowest BCUT2D eigenvalue weighted by Gasteiger charge is -2.25. The average Bonchev–Trinajstić information content (AvgIpc) is 2.84. The second-order valence-corrected chi connectivity index (χ2v) is 4.86. The molecule has 1 amide bonds. The maximum absolute atomic E-state index is 12.2. The van der Waals surface area contributed by atoms with E-state index in [9.17, 15) is 4.79 Å². The van der Waals surface area contributed by atoms with Crippen LogP contribution in [-0.4, -0.2) is 31.6 Å². The lowest BCUT2D eigenvalue weighted by atomic mass is 10.2. The quantitative estimate of drug-likeness (QED) is 0.861. The van der Waals surface area contributed by atoms with E-state index in [0.29, 0.717) is 19.1 Å². The summed E-state index contributed by atoms with van der Waals surface area (Å²) < 4.78 is 5.63. The standard InChI is InChI=1S/C14H18N2O2/c17-14-7-9-18-13-6-2-1-5-12(13)16(14)10-11-4-3-8-15-11/h1-2,5-6,11,15H,3-4,7-10H2/t11-/m1/s1. The molecular formula is C14H18N2O2. The first kappa shape index (κ1) is 11.5. The molecular weight excluding hydrogens is 228 g/mol. The Labute approximate surface area is 107 Å². The number of carbonyl (C=O) groups excluding carboxylic acids is 1. The summed E-state index contributed by atoms with van der Waals surface area (Å²) in [7, 11) is 0. The van der Waals surface area contributed by atoms with Crippen LogP contribution in [0.15, 0.2) is 24.3 Å². The van der Waals surface area contributed by atoms with Gasteiger partial charge in [-0.25, -0.2) is 0 Å². The predicted octanol–water partition coefficient (Wildman–Crippen LogP) is 1.55. The van der Waals surface area contributed by atoms with Crippen LogP contribution in [0.3, 0.4) is 0 Å². The highest BCUT2D eigenvalue weighted by Gasteiger charge is 2.26. The molecule has 0 saturated carbocycles. The molecule has 0 aromatic heterocycles. The van der Waals surface area contributed by atoms with Crippen molar-refractivity contribution in [2.75, 3.05) is 24.6 Å². The maximum Gasteiger partial charge on any atom is 0.230 e. The molecule has 0 spiro atoms. The lowest BCUT2D eigenvalue weighted by Crippen LogP contribution is -2.41. The lowest BCUT2D eigenvalue weighted by molar-refractivity contribution is -0.118. The van der Waals surface area contributed by atoms with Crippen molar-refractivity contribution < 1.29 is 9.53 Å². The minimum absolute atomic E-state index is 0.161. The Hall–Kier alpha value is -1.55. The van der Waals surface area contributed by atoms with Gasteiger partial charge in [0.25, 0.3) is 0 Å². The van der Waals surface area contributed by atoms with E-state index >= 15 is 0 Å². The van der Waals surface area contributed by atoms with Crippen LogP contribution >= 0.6 is 0 Å². The minimum Gasteiger partial charge on any atom is -0.491 e. The Balaban J connectivity index is 1.87.